The Morgan fingerprint density at radius 1 is 1.08 bits per heavy atom. The first-order chi connectivity index (χ1) is 17.3. The third-order valence-electron chi connectivity index (χ3n) is 6.13. The van der Waals surface area contributed by atoms with E-state index in [1.165, 1.54) is 31.6 Å². The minimum Gasteiger partial charge on any atom is -0.471 e. The number of esters is 1. The number of halogens is 3. The van der Waals surface area contributed by atoms with Gasteiger partial charge in [-0.1, -0.05) is 48.5 Å². The smallest absolute Gasteiger partial charge is 0.418 e. The molecule has 0 aromatic heterocycles. The number of carbonyl (C=O) groups is 2. The standard InChI is InChI=1S/C26H25F3N2O5/c1-34-23(32)19-15-36-24(35-14-16-7-3-2-4-8-16)22-17(11-12-18(19)22)13-30-25(33)31-21-10-6-5-9-20(21)26(27,28)29/h2-11,15,18,22,24H,12-14H2,1H3,(H2,30,31,33)/t18-,22-,24-/m1/s1. The molecule has 1 heterocycles. The fourth-order valence-electron chi connectivity index (χ4n) is 4.41. The van der Waals surface area contributed by atoms with Gasteiger partial charge in [-0.15, -0.1) is 0 Å². The number of para-hydroxylation sites is 1. The predicted molar refractivity (Wildman–Crippen MR) is 124 cm³/mol. The first-order valence-corrected chi connectivity index (χ1v) is 11.3. The third kappa shape index (κ3) is 5.71. The average Bonchev–Trinajstić information content (AvgIpc) is 3.30. The molecule has 0 unspecified atom stereocenters. The summed E-state index contributed by atoms with van der Waals surface area (Å²) in [6, 6.07) is 13.4. The zero-order valence-electron chi connectivity index (χ0n) is 19.4. The molecule has 36 heavy (non-hydrogen) atoms. The normalized spacial score (nSPS) is 20.9. The molecule has 0 radical (unpaired) electrons. The molecule has 190 valence electrons. The Balaban J connectivity index is 1.44. The number of ether oxygens (including phenoxy) is 3. The number of rotatable bonds is 7. The van der Waals surface area contributed by atoms with E-state index in [2.05, 4.69) is 10.6 Å². The number of methoxy groups -OCH3 is 1. The Kier molecular flexibility index (Phi) is 7.64. The van der Waals surface area contributed by atoms with E-state index in [1.807, 2.05) is 36.4 Å². The molecule has 7 nitrogen and oxygen atoms in total. The van der Waals surface area contributed by atoms with Crippen molar-refractivity contribution in [3.8, 4) is 0 Å². The van der Waals surface area contributed by atoms with Crippen molar-refractivity contribution in [3.63, 3.8) is 0 Å². The lowest BCUT2D eigenvalue weighted by atomic mass is 9.83. The molecule has 0 spiro atoms. The molecule has 1 aliphatic carbocycles. The van der Waals surface area contributed by atoms with Crippen molar-refractivity contribution in [2.24, 2.45) is 11.8 Å². The number of hydrogen-bond donors (Lipinski definition) is 2. The minimum atomic E-state index is -4.61. The van der Waals surface area contributed by atoms with E-state index in [4.69, 9.17) is 14.2 Å². The fourth-order valence-corrected chi connectivity index (χ4v) is 4.41. The Morgan fingerprint density at radius 2 is 1.81 bits per heavy atom. The van der Waals surface area contributed by atoms with Gasteiger partial charge in [0.25, 0.3) is 0 Å². The number of carbonyl (C=O) groups excluding carboxylic acids is 2. The summed E-state index contributed by atoms with van der Waals surface area (Å²) >= 11 is 0. The van der Waals surface area contributed by atoms with Crippen LogP contribution in [0.3, 0.4) is 0 Å². The van der Waals surface area contributed by atoms with Crippen LogP contribution < -0.4 is 10.6 Å². The van der Waals surface area contributed by atoms with Crippen molar-refractivity contribution in [1.82, 2.24) is 5.32 Å². The number of anilines is 1. The molecule has 4 rings (SSSR count). The van der Waals surface area contributed by atoms with Crippen LogP contribution in [0, 0.1) is 11.8 Å². The quantitative estimate of drug-likeness (QED) is 0.410. The highest BCUT2D eigenvalue weighted by atomic mass is 19.4. The number of fused-ring (bicyclic) bond motifs is 1. The van der Waals surface area contributed by atoms with Crippen molar-refractivity contribution in [3.05, 3.63) is 89.2 Å². The number of allylic oxidation sites excluding steroid dienone is 1. The summed E-state index contributed by atoms with van der Waals surface area (Å²) in [5.74, 6) is -1.19. The van der Waals surface area contributed by atoms with Gasteiger partial charge < -0.3 is 24.8 Å². The molecule has 3 atom stereocenters. The summed E-state index contributed by atoms with van der Waals surface area (Å²) in [5, 5.41) is 4.87. The first-order valence-electron chi connectivity index (χ1n) is 11.3. The monoisotopic (exact) mass is 502 g/mol. The van der Waals surface area contributed by atoms with Crippen LogP contribution in [-0.4, -0.2) is 31.9 Å². The number of amides is 2. The summed E-state index contributed by atoms with van der Waals surface area (Å²) in [6.45, 7) is 0.301. The van der Waals surface area contributed by atoms with E-state index in [0.717, 1.165) is 17.2 Å². The molecule has 0 fully saturated rings. The molecule has 2 amide bonds. The van der Waals surface area contributed by atoms with Gasteiger partial charge in [-0.2, -0.15) is 13.2 Å². The minimum absolute atomic E-state index is 0.0319. The van der Waals surface area contributed by atoms with Crippen LogP contribution in [0.25, 0.3) is 0 Å². The van der Waals surface area contributed by atoms with Gasteiger partial charge in [0, 0.05) is 12.5 Å². The Bertz CT molecular complexity index is 1160. The molecule has 2 aliphatic rings. The molecule has 2 aromatic rings. The molecular weight excluding hydrogens is 477 g/mol. The number of alkyl halides is 3. The van der Waals surface area contributed by atoms with Crippen molar-refractivity contribution in [2.45, 2.75) is 25.5 Å². The summed E-state index contributed by atoms with van der Waals surface area (Å²) in [4.78, 5) is 24.7. The topological polar surface area (TPSA) is 85.9 Å². The van der Waals surface area contributed by atoms with Crippen molar-refractivity contribution in [2.75, 3.05) is 19.0 Å². The van der Waals surface area contributed by atoms with E-state index in [-0.39, 0.29) is 24.8 Å². The van der Waals surface area contributed by atoms with Gasteiger partial charge in [-0.05, 0) is 29.7 Å². The van der Waals surface area contributed by atoms with Crippen molar-refractivity contribution < 1.29 is 37.0 Å². The van der Waals surface area contributed by atoms with Gasteiger partial charge in [-0.25, -0.2) is 9.59 Å². The van der Waals surface area contributed by atoms with Crippen LogP contribution in [0.1, 0.15) is 17.5 Å². The van der Waals surface area contributed by atoms with Crippen LogP contribution in [0.5, 0.6) is 0 Å². The highest BCUT2D eigenvalue weighted by molar-refractivity contribution is 5.90. The van der Waals surface area contributed by atoms with Crippen LogP contribution in [-0.2, 0) is 31.8 Å². The Labute approximate surface area is 205 Å². The molecule has 10 heteroatoms. The summed E-state index contributed by atoms with van der Waals surface area (Å²) in [7, 11) is 1.28. The molecule has 1 aliphatic heterocycles. The largest absolute Gasteiger partial charge is 0.471 e. The van der Waals surface area contributed by atoms with E-state index in [1.54, 1.807) is 0 Å². The zero-order valence-corrected chi connectivity index (χ0v) is 19.4. The second-order valence-corrected chi connectivity index (χ2v) is 8.36. The van der Waals surface area contributed by atoms with Gasteiger partial charge in [-0.3, -0.25) is 0 Å². The molecule has 2 aromatic carbocycles. The predicted octanol–water partition coefficient (Wildman–Crippen LogP) is 5.02. The Hall–Kier alpha value is -3.79. The molecular formula is C26H25F3N2O5. The lowest BCUT2D eigenvalue weighted by molar-refractivity contribution is -0.160. The van der Waals surface area contributed by atoms with Gasteiger partial charge in [0.2, 0.25) is 6.29 Å². The number of urea groups is 1. The molecule has 0 saturated carbocycles. The Morgan fingerprint density at radius 3 is 2.53 bits per heavy atom. The molecule has 2 N–H and O–H groups in total. The first kappa shape index (κ1) is 25.3. The number of benzene rings is 2. The van der Waals surface area contributed by atoms with E-state index in [0.29, 0.717) is 12.0 Å². The lowest BCUT2D eigenvalue weighted by Gasteiger charge is -2.35. The maximum atomic E-state index is 13.2. The van der Waals surface area contributed by atoms with E-state index in [9.17, 15) is 22.8 Å². The molecule has 0 bridgehead atoms. The summed E-state index contributed by atoms with van der Waals surface area (Å²) < 4.78 is 56.4. The molecule has 0 saturated heterocycles. The number of nitrogens with one attached hydrogen (secondary N) is 2. The summed E-state index contributed by atoms with van der Waals surface area (Å²) in [6.07, 6.45) is -1.61. The van der Waals surface area contributed by atoms with E-state index >= 15 is 0 Å². The van der Waals surface area contributed by atoms with Crippen molar-refractivity contribution in [1.29, 1.82) is 0 Å². The van der Waals surface area contributed by atoms with E-state index < -0.39 is 35.9 Å². The second kappa shape index (κ2) is 10.9. The van der Waals surface area contributed by atoms with Crippen LogP contribution in [0.4, 0.5) is 23.7 Å². The van der Waals surface area contributed by atoms with Crippen LogP contribution in [0.2, 0.25) is 0 Å². The fraction of sp³-hybridized carbons (Fsp3) is 0.308. The summed E-state index contributed by atoms with van der Waals surface area (Å²) in [5.41, 5.74) is 0.749. The highest BCUT2D eigenvalue weighted by Crippen LogP contribution is 2.43. The van der Waals surface area contributed by atoms with Gasteiger partial charge in [0.15, 0.2) is 0 Å². The van der Waals surface area contributed by atoms with Crippen LogP contribution in [0.15, 0.2) is 78.1 Å². The van der Waals surface area contributed by atoms with Gasteiger partial charge in [0.1, 0.15) is 0 Å². The maximum Gasteiger partial charge on any atom is 0.418 e. The average molecular weight is 502 g/mol. The van der Waals surface area contributed by atoms with Crippen molar-refractivity contribution >= 4 is 17.7 Å². The SMILES string of the molecule is COC(=O)C1=CO[C@@H](OCc2ccccc2)[C@@H]2C(CNC(=O)Nc3ccccc3C(F)(F)F)=CC[C@H]12. The zero-order chi connectivity index (χ0) is 25.7. The maximum absolute atomic E-state index is 13.2. The van der Waals surface area contributed by atoms with Gasteiger partial charge >= 0.3 is 18.2 Å². The van der Waals surface area contributed by atoms with Crippen LogP contribution >= 0.6 is 0 Å². The van der Waals surface area contributed by atoms with Gasteiger partial charge in [0.05, 0.1) is 42.7 Å². The number of hydrogen-bond acceptors (Lipinski definition) is 5. The highest BCUT2D eigenvalue weighted by Gasteiger charge is 2.44. The third-order valence-corrected chi connectivity index (χ3v) is 6.13. The second-order valence-electron chi connectivity index (χ2n) is 8.36. The lowest BCUT2D eigenvalue weighted by Crippen LogP contribution is -2.40.